The van der Waals surface area contributed by atoms with Gasteiger partial charge in [-0.3, -0.25) is 19.2 Å². The molecule has 48 heavy (non-hydrogen) atoms. The molecule has 5 atom stereocenters. The van der Waals surface area contributed by atoms with Crippen LogP contribution in [0.4, 0.5) is 0 Å². The highest BCUT2D eigenvalue weighted by molar-refractivity contribution is 5.95. The zero-order valence-electron chi connectivity index (χ0n) is 27.7. The van der Waals surface area contributed by atoms with E-state index in [-0.39, 0.29) is 18.2 Å². The van der Waals surface area contributed by atoms with Crippen LogP contribution in [0.1, 0.15) is 43.4 Å². The third-order valence-electron chi connectivity index (χ3n) is 8.90. The Hall–Kier alpha value is -4.96. The molecule has 4 N–H and O–H groups in total. The first-order chi connectivity index (χ1) is 23.2. The van der Waals surface area contributed by atoms with Crippen molar-refractivity contribution in [1.29, 1.82) is 0 Å². The van der Waals surface area contributed by atoms with Crippen LogP contribution in [0.2, 0.25) is 0 Å². The van der Waals surface area contributed by atoms with E-state index < -0.39 is 48.0 Å². The molecule has 3 heterocycles. The smallest absolute Gasteiger partial charge is 0.247 e. The van der Waals surface area contributed by atoms with Gasteiger partial charge in [-0.1, -0.05) is 86.6 Å². The predicted molar refractivity (Wildman–Crippen MR) is 185 cm³/mol. The highest BCUT2D eigenvalue weighted by atomic mass is 16.5. The van der Waals surface area contributed by atoms with Crippen molar-refractivity contribution in [2.75, 3.05) is 13.6 Å². The molecule has 10 heteroatoms. The second-order valence-corrected chi connectivity index (χ2v) is 12.7. The number of rotatable bonds is 9. The number of likely N-dealkylation sites (N-methyl/N-ethyl adjacent to an activating group) is 1. The van der Waals surface area contributed by atoms with Crippen molar-refractivity contribution < 1.29 is 23.9 Å². The SMILES string of the molecule is CNC(Cc1ccccc1)C(=O)N1CCCC1C(=O)NC1C(=O)NC(Cc2ccccc2)C(=O)NC=Cc2ccc(cc2)OC1C(C)C. The van der Waals surface area contributed by atoms with E-state index in [2.05, 4.69) is 21.3 Å². The van der Waals surface area contributed by atoms with Gasteiger partial charge in [0.2, 0.25) is 23.6 Å². The lowest BCUT2D eigenvalue weighted by Gasteiger charge is -2.34. The molecule has 10 nitrogen and oxygen atoms in total. The number of nitrogens with zero attached hydrogens (tertiary/aromatic N) is 1. The number of carbonyl (C=O) groups is 4. The van der Waals surface area contributed by atoms with Gasteiger partial charge in [-0.2, -0.15) is 0 Å². The van der Waals surface area contributed by atoms with Gasteiger partial charge < -0.3 is 30.9 Å². The number of likely N-dealkylation sites (tertiary alicyclic amines) is 1. The summed E-state index contributed by atoms with van der Waals surface area (Å²) in [6.07, 6.45) is 4.38. The Labute approximate surface area is 282 Å². The van der Waals surface area contributed by atoms with Gasteiger partial charge in [0, 0.05) is 19.2 Å². The summed E-state index contributed by atoms with van der Waals surface area (Å²) in [5, 5.41) is 11.8. The molecule has 1 fully saturated rings. The Morgan fingerprint density at radius 1 is 0.917 bits per heavy atom. The molecule has 6 rings (SSSR count). The minimum Gasteiger partial charge on any atom is -0.487 e. The van der Waals surface area contributed by atoms with Crippen LogP contribution in [0.3, 0.4) is 0 Å². The van der Waals surface area contributed by atoms with Gasteiger partial charge in [-0.25, -0.2) is 0 Å². The number of carbonyl (C=O) groups excluding carboxylic acids is 4. The first-order valence-electron chi connectivity index (χ1n) is 16.6. The molecular formula is C38H45N5O5. The van der Waals surface area contributed by atoms with Crippen molar-refractivity contribution in [2.45, 2.75) is 69.8 Å². The van der Waals surface area contributed by atoms with E-state index in [4.69, 9.17) is 4.74 Å². The third-order valence-corrected chi connectivity index (χ3v) is 8.90. The van der Waals surface area contributed by atoms with Crippen LogP contribution in [0.25, 0.3) is 6.08 Å². The van der Waals surface area contributed by atoms with Crippen LogP contribution < -0.4 is 26.0 Å². The maximum absolute atomic E-state index is 14.2. The lowest BCUT2D eigenvalue weighted by atomic mass is 9.96. The number of hydrogen-bond acceptors (Lipinski definition) is 6. The Morgan fingerprint density at radius 2 is 1.58 bits per heavy atom. The second-order valence-electron chi connectivity index (χ2n) is 12.7. The topological polar surface area (TPSA) is 129 Å². The van der Waals surface area contributed by atoms with Gasteiger partial charge in [0.05, 0.1) is 6.04 Å². The summed E-state index contributed by atoms with van der Waals surface area (Å²) < 4.78 is 6.41. The van der Waals surface area contributed by atoms with E-state index in [1.54, 1.807) is 36.4 Å². The fraction of sp³-hybridized carbons (Fsp3) is 0.368. The molecule has 0 saturated carbocycles. The van der Waals surface area contributed by atoms with Gasteiger partial charge in [0.1, 0.15) is 30.0 Å². The van der Waals surface area contributed by atoms with Crippen molar-refractivity contribution in [3.63, 3.8) is 0 Å². The second kappa shape index (κ2) is 16.2. The molecule has 2 bridgehead atoms. The Balaban J connectivity index is 1.42. The number of ether oxygens (including phenoxy) is 1. The van der Waals surface area contributed by atoms with Crippen LogP contribution in [0.15, 0.2) is 91.1 Å². The highest BCUT2D eigenvalue weighted by Gasteiger charge is 2.41. The van der Waals surface area contributed by atoms with E-state index in [0.717, 1.165) is 16.7 Å². The van der Waals surface area contributed by atoms with Gasteiger partial charge in [-0.05, 0) is 67.1 Å². The third kappa shape index (κ3) is 8.68. The van der Waals surface area contributed by atoms with Gasteiger partial charge in [0.25, 0.3) is 0 Å². The summed E-state index contributed by atoms with van der Waals surface area (Å²) in [6, 6.07) is 23.1. The van der Waals surface area contributed by atoms with Crippen molar-refractivity contribution in [2.24, 2.45) is 5.92 Å². The maximum atomic E-state index is 14.2. The minimum atomic E-state index is -1.16. The summed E-state index contributed by atoms with van der Waals surface area (Å²) in [5.41, 5.74) is 2.73. The number of hydrogen-bond donors (Lipinski definition) is 4. The van der Waals surface area contributed by atoms with Crippen LogP contribution >= 0.6 is 0 Å². The van der Waals surface area contributed by atoms with Crippen molar-refractivity contribution in [3.8, 4) is 5.75 Å². The number of benzene rings is 3. The summed E-state index contributed by atoms with van der Waals surface area (Å²) in [4.78, 5) is 57.2. The molecule has 3 aromatic carbocycles. The first kappa shape index (κ1) is 34.4. The fourth-order valence-corrected chi connectivity index (χ4v) is 6.26. The van der Waals surface area contributed by atoms with E-state index in [9.17, 15) is 19.2 Å². The summed E-state index contributed by atoms with van der Waals surface area (Å²) >= 11 is 0. The molecular weight excluding hydrogens is 606 g/mol. The highest BCUT2D eigenvalue weighted by Crippen LogP contribution is 2.23. The lowest BCUT2D eigenvalue weighted by Crippen LogP contribution is -2.62. The minimum absolute atomic E-state index is 0.168. The number of fused-ring (bicyclic) bond motifs is 10. The molecule has 3 aliphatic heterocycles. The summed E-state index contributed by atoms with van der Waals surface area (Å²) in [5.74, 6) is -1.23. The normalized spacial score (nSPS) is 22.0. The zero-order valence-corrected chi connectivity index (χ0v) is 27.7. The van der Waals surface area contributed by atoms with Crippen molar-refractivity contribution in [3.05, 3.63) is 108 Å². The standard InChI is InChI=1S/C38H45N5O5/c1-25(2)34-33(42-36(45)32-15-10-22-43(32)38(47)31(39-3)24-28-13-8-5-9-14-28)37(46)41-30(23-27-11-6-4-7-12-27)35(44)40-21-20-26-16-18-29(48-34)19-17-26/h4-9,11-14,16-21,25,30-34,39H,10,15,22-24H2,1-3H3,(H,40,44)(H,41,46)(H,42,45). The molecule has 252 valence electrons. The van der Waals surface area contributed by atoms with E-state index >= 15 is 0 Å². The quantitative estimate of drug-likeness (QED) is 0.281. The van der Waals surface area contributed by atoms with E-state index in [1.807, 2.05) is 86.6 Å². The first-order valence-corrected chi connectivity index (χ1v) is 16.6. The number of nitrogens with one attached hydrogen (secondary N) is 4. The lowest BCUT2D eigenvalue weighted by molar-refractivity contribution is -0.142. The maximum Gasteiger partial charge on any atom is 0.247 e. The van der Waals surface area contributed by atoms with Crippen LogP contribution in [-0.2, 0) is 32.0 Å². The molecule has 5 unspecified atom stereocenters. The zero-order chi connectivity index (χ0) is 34.0. The van der Waals surface area contributed by atoms with Gasteiger partial charge in [-0.15, -0.1) is 0 Å². The molecule has 3 aliphatic rings. The summed E-state index contributed by atoms with van der Waals surface area (Å²) in [6.45, 7) is 4.26. The average molecular weight is 652 g/mol. The van der Waals surface area contributed by atoms with Crippen LogP contribution in [0.5, 0.6) is 5.75 Å². The van der Waals surface area contributed by atoms with Crippen LogP contribution in [0, 0.1) is 5.92 Å². The van der Waals surface area contributed by atoms with Crippen molar-refractivity contribution >= 4 is 29.7 Å². The molecule has 4 amide bonds. The van der Waals surface area contributed by atoms with Gasteiger partial charge >= 0.3 is 0 Å². The van der Waals surface area contributed by atoms with Gasteiger partial charge in [0.15, 0.2) is 0 Å². The largest absolute Gasteiger partial charge is 0.487 e. The Morgan fingerprint density at radius 3 is 2.23 bits per heavy atom. The average Bonchev–Trinajstić information content (AvgIpc) is 3.59. The van der Waals surface area contributed by atoms with E-state index in [1.165, 1.54) is 0 Å². The summed E-state index contributed by atoms with van der Waals surface area (Å²) in [7, 11) is 1.74. The molecule has 3 aromatic rings. The Kier molecular flexibility index (Phi) is 11.6. The molecule has 0 aromatic heterocycles. The fourth-order valence-electron chi connectivity index (χ4n) is 6.26. The Bertz CT molecular complexity index is 1580. The van der Waals surface area contributed by atoms with Crippen molar-refractivity contribution in [1.82, 2.24) is 26.2 Å². The molecule has 0 aliphatic carbocycles. The predicted octanol–water partition coefficient (Wildman–Crippen LogP) is 3.22. The number of amides is 4. The molecule has 0 radical (unpaired) electrons. The van der Waals surface area contributed by atoms with E-state index in [0.29, 0.717) is 31.6 Å². The molecule has 1 saturated heterocycles. The monoisotopic (exact) mass is 651 g/mol. The van der Waals surface area contributed by atoms with Crippen LogP contribution in [-0.4, -0.2) is 72.4 Å². The molecule has 0 spiro atoms.